The molecule has 78 valence electrons. The van der Waals surface area contributed by atoms with E-state index in [1.807, 2.05) is 13.8 Å². The van der Waals surface area contributed by atoms with Gasteiger partial charge in [0, 0.05) is 12.3 Å². The molecule has 2 aromatic heterocycles. The first-order chi connectivity index (χ1) is 7.11. The number of rotatable bonds is 2. The number of carboxylic acid groups (broad SMARTS) is 1. The van der Waals surface area contributed by atoms with Gasteiger partial charge in [-0.1, -0.05) is 13.8 Å². The number of aromatic nitrogens is 3. The Balaban J connectivity index is 2.81. The first kappa shape index (κ1) is 9.64. The molecule has 0 aliphatic heterocycles. The molecule has 2 heterocycles. The standard InChI is InChI=1S/C10H11N3O2/c1-6(2)9-7(10(14)15)5-11-8-3-4-12-13(8)9/h3-6H,1-2H3,(H,14,15). The van der Waals surface area contributed by atoms with Crippen LogP contribution in [0.25, 0.3) is 5.65 Å². The van der Waals surface area contributed by atoms with Gasteiger partial charge in [0.05, 0.1) is 17.5 Å². The van der Waals surface area contributed by atoms with E-state index in [0.29, 0.717) is 11.3 Å². The number of fused-ring (bicyclic) bond motifs is 1. The van der Waals surface area contributed by atoms with Crippen molar-refractivity contribution in [2.75, 3.05) is 0 Å². The van der Waals surface area contributed by atoms with E-state index in [4.69, 9.17) is 5.11 Å². The van der Waals surface area contributed by atoms with Gasteiger partial charge in [0.15, 0.2) is 5.65 Å². The largest absolute Gasteiger partial charge is 0.478 e. The van der Waals surface area contributed by atoms with Gasteiger partial charge in [-0.15, -0.1) is 0 Å². The minimum atomic E-state index is -0.969. The lowest BCUT2D eigenvalue weighted by molar-refractivity contribution is 0.0694. The molecular weight excluding hydrogens is 194 g/mol. The number of carbonyl (C=O) groups is 1. The fourth-order valence-corrected chi connectivity index (χ4v) is 1.61. The van der Waals surface area contributed by atoms with Gasteiger partial charge in [0.1, 0.15) is 0 Å². The summed E-state index contributed by atoms with van der Waals surface area (Å²) in [6.45, 7) is 3.87. The van der Waals surface area contributed by atoms with E-state index in [2.05, 4.69) is 10.1 Å². The summed E-state index contributed by atoms with van der Waals surface area (Å²) in [6, 6.07) is 1.75. The van der Waals surface area contributed by atoms with Crippen LogP contribution in [-0.2, 0) is 0 Å². The minimum Gasteiger partial charge on any atom is -0.478 e. The van der Waals surface area contributed by atoms with Crippen molar-refractivity contribution >= 4 is 11.6 Å². The second-order valence-corrected chi connectivity index (χ2v) is 3.62. The molecule has 0 atom stereocenters. The van der Waals surface area contributed by atoms with Crippen molar-refractivity contribution in [3.05, 3.63) is 29.7 Å². The van der Waals surface area contributed by atoms with Gasteiger partial charge in [-0.05, 0) is 5.92 Å². The van der Waals surface area contributed by atoms with Crippen molar-refractivity contribution < 1.29 is 9.90 Å². The smallest absolute Gasteiger partial charge is 0.339 e. The average Bonchev–Trinajstić information content (AvgIpc) is 2.62. The maximum Gasteiger partial charge on any atom is 0.339 e. The molecular formula is C10H11N3O2. The highest BCUT2D eigenvalue weighted by Crippen LogP contribution is 2.19. The van der Waals surface area contributed by atoms with Crippen molar-refractivity contribution in [3.8, 4) is 0 Å². The number of carboxylic acids is 1. The molecule has 0 aliphatic carbocycles. The molecule has 2 rings (SSSR count). The number of hydrogen-bond donors (Lipinski definition) is 1. The van der Waals surface area contributed by atoms with Crippen molar-refractivity contribution in [2.45, 2.75) is 19.8 Å². The Morgan fingerprint density at radius 3 is 2.87 bits per heavy atom. The zero-order chi connectivity index (χ0) is 11.0. The predicted molar refractivity (Wildman–Crippen MR) is 54.0 cm³/mol. The summed E-state index contributed by atoms with van der Waals surface area (Å²) in [7, 11) is 0. The Labute approximate surface area is 86.4 Å². The van der Waals surface area contributed by atoms with Crippen molar-refractivity contribution in [2.24, 2.45) is 0 Å². The second kappa shape index (κ2) is 3.34. The quantitative estimate of drug-likeness (QED) is 0.807. The van der Waals surface area contributed by atoms with Gasteiger partial charge in [-0.3, -0.25) is 0 Å². The summed E-state index contributed by atoms with van der Waals surface area (Å²) in [4.78, 5) is 15.0. The van der Waals surface area contributed by atoms with Crippen LogP contribution in [0.5, 0.6) is 0 Å². The maximum absolute atomic E-state index is 11.0. The summed E-state index contributed by atoms with van der Waals surface area (Å²) in [6.07, 6.45) is 2.99. The van der Waals surface area contributed by atoms with Crippen LogP contribution < -0.4 is 0 Å². The summed E-state index contributed by atoms with van der Waals surface area (Å²) >= 11 is 0. The predicted octanol–water partition coefficient (Wildman–Crippen LogP) is 1.55. The van der Waals surface area contributed by atoms with Crippen LogP contribution in [0.4, 0.5) is 0 Å². The molecule has 1 N–H and O–H groups in total. The fourth-order valence-electron chi connectivity index (χ4n) is 1.61. The number of nitrogens with zero attached hydrogens (tertiary/aromatic N) is 3. The molecule has 2 aromatic rings. The molecule has 0 fully saturated rings. The lowest BCUT2D eigenvalue weighted by Gasteiger charge is -2.10. The molecule has 0 saturated carbocycles. The van der Waals surface area contributed by atoms with E-state index in [0.717, 1.165) is 0 Å². The molecule has 0 aromatic carbocycles. The Morgan fingerprint density at radius 1 is 1.53 bits per heavy atom. The molecule has 0 bridgehead atoms. The van der Waals surface area contributed by atoms with Crippen LogP contribution >= 0.6 is 0 Å². The van der Waals surface area contributed by atoms with Gasteiger partial charge >= 0.3 is 5.97 Å². The summed E-state index contributed by atoms with van der Waals surface area (Å²) in [5, 5.41) is 13.1. The van der Waals surface area contributed by atoms with Crippen molar-refractivity contribution in [3.63, 3.8) is 0 Å². The highest BCUT2D eigenvalue weighted by molar-refractivity contribution is 5.89. The van der Waals surface area contributed by atoms with Crippen LogP contribution in [0.3, 0.4) is 0 Å². The van der Waals surface area contributed by atoms with E-state index in [1.165, 1.54) is 6.20 Å². The lowest BCUT2D eigenvalue weighted by Crippen LogP contribution is -2.11. The molecule has 0 amide bonds. The number of hydrogen-bond acceptors (Lipinski definition) is 3. The van der Waals surface area contributed by atoms with Crippen LogP contribution in [0.2, 0.25) is 0 Å². The van der Waals surface area contributed by atoms with Crippen LogP contribution in [-0.4, -0.2) is 25.7 Å². The van der Waals surface area contributed by atoms with Gasteiger partial charge in [-0.2, -0.15) is 5.10 Å². The normalized spacial score (nSPS) is 11.1. The maximum atomic E-state index is 11.0. The molecule has 15 heavy (non-hydrogen) atoms. The zero-order valence-corrected chi connectivity index (χ0v) is 8.51. The summed E-state index contributed by atoms with van der Waals surface area (Å²) < 4.78 is 1.58. The molecule has 0 radical (unpaired) electrons. The van der Waals surface area contributed by atoms with E-state index in [9.17, 15) is 4.79 Å². The minimum absolute atomic E-state index is 0.0847. The third kappa shape index (κ3) is 1.45. The van der Waals surface area contributed by atoms with E-state index >= 15 is 0 Å². The van der Waals surface area contributed by atoms with E-state index in [1.54, 1.807) is 16.8 Å². The van der Waals surface area contributed by atoms with Gasteiger partial charge in [0.25, 0.3) is 0 Å². The zero-order valence-electron chi connectivity index (χ0n) is 8.51. The highest BCUT2D eigenvalue weighted by Gasteiger charge is 2.17. The SMILES string of the molecule is CC(C)c1c(C(=O)O)cnc2ccnn12. The monoisotopic (exact) mass is 205 g/mol. The van der Waals surface area contributed by atoms with Gasteiger partial charge in [-0.25, -0.2) is 14.3 Å². The third-order valence-corrected chi connectivity index (χ3v) is 2.23. The Kier molecular flexibility index (Phi) is 2.15. The summed E-state index contributed by atoms with van der Waals surface area (Å²) in [5.41, 5.74) is 1.56. The Bertz CT molecular complexity index is 516. The van der Waals surface area contributed by atoms with Crippen LogP contribution in [0, 0.1) is 0 Å². The van der Waals surface area contributed by atoms with Crippen molar-refractivity contribution in [1.29, 1.82) is 0 Å². The molecule has 0 saturated heterocycles. The van der Waals surface area contributed by atoms with Crippen LogP contribution in [0.1, 0.15) is 35.8 Å². The first-order valence-electron chi connectivity index (χ1n) is 4.67. The van der Waals surface area contributed by atoms with Crippen LogP contribution in [0.15, 0.2) is 18.5 Å². The third-order valence-electron chi connectivity index (χ3n) is 2.23. The molecule has 5 heteroatoms. The summed E-state index contributed by atoms with van der Waals surface area (Å²) in [5.74, 6) is -0.884. The average molecular weight is 205 g/mol. The molecule has 5 nitrogen and oxygen atoms in total. The first-order valence-corrected chi connectivity index (χ1v) is 4.67. The van der Waals surface area contributed by atoms with Gasteiger partial charge < -0.3 is 5.11 Å². The second-order valence-electron chi connectivity index (χ2n) is 3.62. The van der Waals surface area contributed by atoms with E-state index in [-0.39, 0.29) is 11.5 Å². The van der Waals surface area contributed by atoms with Crippen molar-refractivity contribution in [1.82, 2.24) is 14.6 Å². The number of aromatic carboxylic acids is 1. The highest BCUT2D eigenvalue weighted by atomic mass is 16.4. The van der Waals surface area contributed by atoms with E-state index < -0.39 is 5.97 Å². The van der Waals surface area contributed by atoms with Gasteiger partial charge in [0.2, 0.25) is 0 Å². The molecule has 0 aliphatic rings. The molecule has 0 spiro atoms. The fraction of sp³-hybridized carbons (Fsp3) is 0.300. The topological polar surface area (TPSA) is 67.5 Å². The Hall–Kier alpha value is -1.91. The Morgan fingerprint density at radius 2 is 2.27 bits per heavy atom. The lowest BCUT2D eigenvalue weighted by atomic mass is 10.1. The molecule has 0 unspecified atom stereocenters.